The molecule has 132 valence electrons. The molecule has 7 nitrogen and oxygen atoms in total. The lowest BCUT2D eigenvalue weighted by Gasteiger charge is -2.45. The van der Waals surface area contributed by atoms with Gasteiger partial charge in [0.25, 0.3) is 0 Å². The highest BCUT2D eigenvalue weighted by atomic mass is 32.1. The van der Waals surface area contributed by atoms with E-state index in [4.69, 9.17) is 12.2 Å². The fourth-order valence-corrected chi connectivity index (χ4v) is 3.39. The molecule has 3 rings (SSSR count). The first-order valence-electron chi connectivity index (χ1n) is 7.98. The lowest BCUT2D eigenvalue weighted by Crippen LogP contribution is -2.71. The fraction of sp³-hybridized carbons (Fsp3) is 0.412. The van der Waals surface area contributed by atoms with E-state index >= 15 is 0 Å². The van der Waals surface area contributed by atoms with E-state index in [1.54, 1.807) is 13.8 Å². The molecule has 2 saturated heterocycles. The van der Waals surface area contributed by atoms with Crippen molar-refractivity contribution in [2.45, 2.75) is 45.7 Å². The molecule has 0 unspecified atom stereocenters. The highest BCUT2D eigenvalue weighted by Gasteiger charge is 2.56. The Morgan fingerprint density at radius 1 is 1.28 bits per heavy atom. The van der Waals surface area contributed by atoms with Crippen LogP contribution in [0.3, 0.4) is 0 Å². The van der Waals surface area contributed by atoms with Gasteiger partial charge < -0.3 is 5.32 Å². The third kappa shape index (κ3) is 2.81. The second-order valence-electron chi connectivity index (χ2n) is 6.88. The number of thiocarbonyl (C=S) groups is 1. The molecule has 2 heterocycles. The number of fused-ring (bicyclic) bond motifs is 1. The van der Waals surface area contributed by atoms with Crippen molar-refractivity contribution in [3.05, 3.63) is 29.3 Å². The number of anilines is 1. The van der Waals surface area contributed by atoms with Gasteiger partial charge in [0.15, 0.2) is 5.11 Å². The molecule has 3 amide bonds. The van der Waals surface area contributed by atoms with Crippen molar-refractivity contribution in [1.29, 1.82) is 0 Å². The average Bonchev–Trinajstić information content (AvgIpc) is 2.88. The van der Waals surface area contributed by atoms with E-state index in [-0.39, 0.29) is 29.3 Å². The Labute approximate surface area is 151 Å². The zero-order valence-corrected chi connectivity index (χ0v) is 15.4. The Bertz CT molecular complexity index is 805. The van der Waals surface area contributed by atoms with Crippen LogP contribution in [0.25, 0.3) is 0 Å². The van der Waals surface area contributed by atoms with Crippen molar-refractivity contribution in [3.8, 4) is 0 Å². The molecular weight excluding hydrogens is 340 g/mol. The smallest absolute Gasteiger partial charge is 0.248 e. The van der Waals surface area contributed by atoms with Gasteiger partial charge in [-0.1, -0.05) is 6.07 Å². The number of nitrogens with one attached hydrogen (secondary N) is 2. The molecule has 0 aliphatic carbocycles. The highest BCUT2D eigenvalue weighted by molar-refractivity contribution is 7.80. The van der Waals surface area contributed by atoms with Crippen LogP contribution in [0.2, 0.25) is 0 Å². The maximum atomic E-state index is 12.8. The van der Waals surface area contributed by atoms with Crippen molar-refractivity contribution in [2.24, 2.45) is 0 Å². The number of amides is 3. The van der Waals surface area contributed by atoms with Gasteiger partial charge >= 0.3 is 0 Å². The summed E-state index contributed by atoms with van der Waals surface area (Å²) in [7, 11) is 0. The fourth-order valence-electron chi connectivity index (χ4n) is 3.10. The van der Waals surface area contributed by atoms with E-state index in [0.29, 0.717) is 5.69 Å². The van der Waals surface area contributed by atoms with E-state index in [1.165, 1.54) is 10.0 Å². The monoisotopic (exact) mass is 360 g/mol. The van der Waals surface area contributed by atoms with Crippen LogP contribution in [-0.4, -0.2) is 44.4 Å². The molecule has 0 radical (unpaired) electrons. The van der Waals surface area contributed by atoms with Gasteiger partial charge in [0.1, 0.15) is 11.6 Å². The Morgan fingerprint density at radius 3 is 2.60 bits per heavy atom. The molecule has 2 aliphatic rings. The number of benzene rings is 1. The van der Waals surface area contributed by atoms with Crippen molar-refractivity contribution in [3.63, 3.8) is 0 Å². The molecule has 1 atom stereocenters. The van der Waals surface area contributed by atoms with Crippen LogP contribution in [0.15, 0.2) is 18.2 Å². The van der Waals surface area contributed by atoms with Gasteiger partial charge in [-0.25, -0.2) is 5.01 Å². The maximum Gasteiger partial charge on any atom is 0.248 e. The lowest BCUT2D eigenvalue weighted by molar-refractivity contribution is -0.154. The molecule has 0 saturated carbocycles. The Balaban J connectivity index is 1.89. The first kappa shape index (κ1) is 17.5. The van der Waals surface area contributed by atoms with E-state index in [2.05, 4.69) is 10.6 Å². The van der Waals surface area contributed by atoms with E-state index in [0.717, 1.165) is 11.1 Å². The third-order valence-electron chi connectivity index (χ3n) is 4.73. The second kappa shape index (κ2) is 5.89. The zero-order valence-electron chi connectivity index (χ0n) is 14.5. The number of carbonyl (C=O) groups is 3. The second-order valence-corrected chi connectivity index (χ2v) is 7.26. The predicted octanol–water partition coefficient (Wildman–Crippen LogP) is 1.25. The Morgan fingerprint density at radius 2 is 1.96 bits per heavy atom. The molecule has 0 bridgehead atoms. The summed E-state index contributed by atoms with van der Waals surface area (Å²) in [5, 5.41) is 8.07. The van der Waals surface area contributed by atoms with Crippen LogP contribution in [0.1, 0.15) is 31.4 Å². The minimum atomic E-state index is -1.07. The summed E-state index contributed by atoms with van der Waals surface area (Å²) in [4.78, 5) is 37.4. The summed E-state index contributed by atoms with van der Waals surface area (Å²) in [6, 6.07) is 4.81. The molecule has 25 heavy (non-hydrogen) atoms. The number of hydrogen-bond acceptors (Lipinski definition) is 5. The van der Waals surface area contributed by atoms with E-state index in [1.807, 2.05) is 32.0 Å². The first-order chi connectivity index (χ1) is 11.6. The van der Waals surface area contributed by atoms with Gasteiger partial charge in [-0.05, 0) is 63.2 Å². The van der Waals surface area contributed by atoms with Gasteiger partial charge in [-0.15, -0.1) is 0 Å². The summed E-state index contributed by atoms with van der Waals surface area (Å²) in [6.45, 7) is 7.27. The summed E-state index contributed by atoms with van der Waals surface area (Å²) >= 11 is 5.10. The molecular formula is C17H20N4O3S. The van der Waals surface area contributed by atoms with Crippen LogP contribution in [0.5, 0.6) is 0 Å². The predicted molar refractivity (Wildman–Crippen MR) is 96.5 cm³/mol. The first-order valence-corrected chi connectivity index (χ1v) is 8.39. The number of hydrogen-bond donors (Lipinski definition) is 2. The van der Waals surface area contributed by atoms with Crippen molar-refractivity contribution in [2.75, 3.05) is 5.32 Å². The van der Waals surface area contributed by atoms with Crippen LogP contribution in [0, 0.1) is 13.8 Å². The topological polar surface area (TPSA) is 81.8 Å². The van der Waals surface area contributed by atoms with Gasteiger partial charge in [-0.3, -0.25) is 19.7 Å². The molecule has 1 aromatic carbocycles. The molecule has 0 spiro atoms. The van der Waals surface area contributed by atoms with E-state index < -0.39 is 11.6 Å². The number of aryl methyl sites for hydroxylation is 2. The van der Waals surface area contributed by atoms with Crippen LogP contribution >= 0.6 is 12.2 Å². The molecule has 8 heteroatoms. The molecule has 2 N–H and O–H groups in total. The number of nitrogens with zero attached hydrogens (tertiary/aromatic N) is 2. The average molecular weight is 360 g/mol. The van der Waals surface area contributed by atoms with Gasteiger partial charge in [0.05, 0.1) is 6.42 Å². The van der Waals surface area contributed by atoms with Gasteiger partial charge in [0.2, 0.25) is 17.7 Å². The standard InChI is InChI=1S/C17H20N4O3S/c1-9-5-6-11(7-10(9)2)18-14(23)12-8-13(22)20-16(25)19-15(24)17(3,4)21(12)20/h5-7,12H,8H2,1-4H3,(H,18,23)(H,19,24,25)/t12-/m1/s1. The minimum absolute atomic E-state index is 0.0100. The number of hydrazine groups is 1. The largest absolute Gasteiger partial charge is 0.325 e. The summed E-state index contributed by atoms with van der Waals surface area (Å²) in [5.74, 6) is -0.990. The maximum absolute atomic E-state index is 12.8. The highest BCUT2D eigenvalue weighted by Crippen LogP contribution is 2.33. The molecule has 2 aliphatic heterocycles. The Hall–Kier alpha value is -2.32. The molecule has 2 fully saturated rings. The van der Waals surface area contributed by atoms with Crippen molar-refractivity contribution in [1.82, 2.24) is 15.3 Å². The summed E-state index contributed by atoms with van der Waals surface area (Å²) in [5.41, 5.74) is 1.76. The van der Waals surface area contributed by atoms with Crippen LogP contribution in [-0.2, 0) is 14.4 Å². The van der Waals surface area contributed by atoms with Gasteiger partial charge in [-0.2, -0.15) is 5.01 Å². The van der Waals surface area contributed by atoms with Crippen molar-refractivity contribution >= 4 is 40.7 Å². The summed E-state index contributed by atoms with van der Waals surface area (Å²) < 4.78 is 0. The zero-order chi connectivity index (χ0) is 18.5. The number of carbonyl (C=O) groups excluding carboxylic acids is 3. The normalized spacial score (nSPS) is 22.6. The lowest BCUT2D eigenvalue weighted by atomic mass is 10.00. The number of rotatable bonds is 2. The SMILES string of the molecule is Cc1ccc(NC(=O)[C@H]2CC(=O)N3C(=S)NC(=O)C(C)(C)N23)cc1C. The summed E-state index contributed by atoms with van der Waals surface area (Å²) in [6.07, 6.45) is -0.0325. The van der Waals surface area contributed by atoms with Crippen molar-refractivity contribution < 1.29 is 14.4 Å². The quantitative estimate of drug-likeness (QED) is 0.776. The molecule has 1 aromatic rings. The minimum Gasteiger partial charge on any atom is -0.325 e. The third-order valence-corrected chi connectivity index (χ3v) is 5.01. The van der Waals surface area contributed by atoms with Gasteiger partial charge in [0, 0.05) is 5.69 Å². The Kier molecular flexibility index (Phi) is 4.12. The van der Waals surface area contributed by atoms with Crippen LogP contribution < -0.4 is 10.6 Å². The molecule has 0 aromatic heterocycles. The van der Waals surface area contributed by atoms with E-state index in [9.17, 15) is 14.4 Å². The van der Waals surface area contributed by atoms with Crippen LogP contribution in [0.4, 0.5) is 5.69 Å².